The molecule has 28 heavy (non-hydrogen) atoms. The van der Waals surface area contributed by atoms with Crippen molar-refractivity contribution in [3.05, 3.63) is 66.2 Å². The summed E-state index contributed by atoms with van der Waals surface area (Å²) in [6.45, 7) is -0.0458. The molecular formula is C21H19N3O4. The number of nitrogens with one attached hydrogen (secondary N) is 1. The number of ether oxygens (including phenoxy) is 2. The van der Waals surface area contributed by atoms with Gasteiger partial charge in [0.05, 0.1) is 7.11 Å². The molecule has 7 heteroatoms. The van der Waals surface area contributed by atoms with Crippen LogP contribution in [0, 0.1) is 0 Å². The minimum absolute atomic E-state index is 0.0458. The van der Waals surface area contributed by atoms with Gasteiger partial charge in [0, 0.05) is 29.1 Å². The summed E-state index contributed by atoms with van der Waals surface area (Å²) in [5.74, 6) is 1.13. The molecule has 0 aliphatic carbocycles. The first-order valence-electron chi connectivity index (χ1n) is 8.90. The zero-order valence-corrected chi connectivity index (χ0v) is 15.3. The number of para-hydroxylation sites is 1. The molecule has 142 valence electrons. The van der Waals surface area contributed by atoms with E-state index in [0.717, 1.165) is 27.8 Å². The highest BCUT2D eigenvalue weighted by Gasteiger charge is 2.12. The normalized spacial score (nSPS) is 10.9. The Morgan fingerprint density at radius 2 is 1.96 bits per heavy atom. The Labute approximate surface area is 161 Å². The largest absolute Gasteiger partial charge is 0.497 e. The van der Waals surface area contributed by atoms with Gasteiger partial charge in [-0.3, -0.25) is 4.79 Å². The van der Waals surface area contributed by atoms with Gasteiger partial charge >= 0.3 is 5.97 Å². The Balaban J connectivity index is 1.30. The first-order valence-corrected chi connectivity index (χ1v) is 8.90. The van der Waals surface area contributed by atoms with E-state index in [4.69, 9.17) is 14.0 Å². The van der Waals surface area contributed by atoms with Crippen molar-refractivity contribution in [3.8, 4) is 17.1 Å². The molecule has 0 unspecified atom stereocenters. The van der Waals surface area contributed by atoms with Gasteiger partial charge in [-0.2, -0.15) is 4.98 Å². The van der Waals surface area contributed by atoms with Crippen LogP contribution in [0.4, 0.5) is 0 Å². The molecule has 0 spiro atoms. The predicted octanol–water partition coefficient (Wildman–Crippen LogP) is 3.90. The topological polar surface area (TPSA) is 90.2 Å². The molecule has 2 aromatic carbocycles. The summed E-state index contributed by atoms with van der Waals surface area (Å²) >= 11 is 0. The second-order valence-corrected chi connectivity index (χ2v) is 6.26. The van der Waals surface area contributed by atoms with E-state index in [1.54, 1.807) is 7.11 Å². The van der Waals surface area contributed by atoms with Crippen LogP contribution >= 0.6 is 0 Å². The zero-order chi connectivity index (χ0) is 19.3. The number of fused-ring (bicyclic) bond motifs is 1. The van der Waals surface area contributed by atoms with Crippen molar-refractivity contribution in [2.24, 2.45) is 0 Å². The van der Waals surface area contributed by atoms with E-state index in [0.29, 0.717) is 12.2 Å². The molecule has 0 saturated carbocycles. The van der Waals surface area contributed by atoms with Crippen molar-refractivity contribution in [1.29, 1.82) is 0 Å². The van der Waals surface area contributed by atoms with E-state index >= 15 is 0 Å². The van der Waals surface area contributed by atoms with Gasteiger partial charge in [-0.05, 0) is 42.3 Å². The van der Waals surface area contributed by atoms with Gasteiger partial charge < -0.3 is 19.0 Å². The molecule has 0 aliphatic rings. The second kappa shape index (κ2) is 7.96. The van der Waals surface area contributed by atoms with E-state index in [9.17, 15) is 4.79 Å². The zero-order valence-electron chi connectivity index (χ0n) is 15.3. The smallest absolute Gasteiger partial charge is 0.306 e. The highest BCUT2D eigenvalue weighted by Crippen LogP contribution is 2.21. The number of hydrogen-bond acceptors (Lipinski definition) is 6. The van der Waals surface area contributed by atoms with Crippen LogP contribution in [0.3, 0.4) is 0 Å². The van der Waals surface area contributed by atoms with E-state index in [2.05, 4.69) is 15.1 Å². The average molecular weight is 377 g/mol. The summed E-state index contributed by atoms with van der Waals surface area (Å²) < 4.78 is 15.5. The molecule has 0 fully saturated rings. The van der Waals surface area contributed by atoms with Gasteiger partial charge in [-0.1, -0.05) is 23.4 Å². The molecule has 4 rings (SSSR count). The minimum atomic E-state index is -0.311. The number of aryl methyl sites for hydroxylation is 1. The van der Waals surface area contributed by atoms with Gasteiger partial charge in [-0.25, -0.2) is 0 Å². The van der Waals surface area contributed by atoms with Crippen LogP contribution in [-0.2, 0) is 22.6 Å². The number of aromatic amines is 1. The summed E-state index contributed by atoms with van der Waals surface area (Å²) in [6.07, 6.45) is 2.81. The molecular weight excluding hydrogens is 358 g/mol. The van der Waals surface area contributed by atoms with Crippen molar-refractivity contribution in [2.75, 3.05) is 7.11 Å². The lowest BCUT2D eigenvalue weighted by molar-refractivity contribution is -0.145. The molecule has 7 nitrogen and oxygen atoms in total. The lowest BCUT2D eigenvalue weighted by Crippen LogP contribution is -2.06. The van der Waals surface area contributed by atoms with Crippen LogP contribution in [0.2, 0.25) is 0 Å². The first kappa shape index (κ1) is 17.8. The molecule has 0 atom stereocenters. The predicted molar refractivity (Wildman–Crippen MR) is 103 cm³/mol. The van der Waals surface area contributed by atoms with E-state index in [1.165, 1.54) is 0 Å². The molecule has 0 bridgehead atoms. The molecule has 0 radical (unpaired) electrons. The number of carbonyl (C=O) groups is 1. The van der Waals surface area contributed by atoms with E-state index < -0.39 is 0 Å². The van der Waals surface area contributed by atoms with Gasteiger partial charge in [0.15, 0.2) is 6.61 Å². The van der Waals surface area contributed by atoms with Gasteiger partial charge in [-0.15, -0.1) is 0 Å². The quantitative estimate of drug-likeness (QED) is 0.491. The van der Waals surface area contributed by atoms with Gasteiger partial charge in [0.1, 0.15) is 5.75 Å². The lowest BCUT2D eigenvalue weighted by Gasteiger charge is -2.01. The van der Waals surface area contributed by atoms with Crippen molar-refractivity contribution in [1.82, 2.24) is 15.1 Å². The number of hydrogen-bond donors (Lipinski definition) is 1. The Morgan fingerprint density at radius 3 is 2.79 bits per heavy atom. The summed E-state index contributed by atoms with van der Waals surface area (Å²) in [5.41, 5.74) is 2.94. The van der Waals surface area contributed by atoms with Gasteiger partial charge in [0.25, 0.3) is 5.89 Å². The molecule has 2 heterocycles. The monoisotopic (exact) mass is 377 g/mol. The Hall–Kier alpha value is -3.61. The number of aromatic nitrogens is 3. The van der Waals surface area contributed by atoms with Crippen LogP contribution < -0.4 is 4.74 Å². The fraction of sp³-hybridized carbons (Fsp3) is 0.190. The maximum absolute atomic E-state index is 12.1. The fourth-order valence-corrected chi connectivity index (χ4v) is 2.96. The van der Waals surface area contributed by atoms with Crippen LogP contribution in [-0.4, -0.2) is 28.2 Å². The molecule has 4 aromatic rings. The number of nitrogens with zero attached hydrogens (tertiary/aromatic N) is 2. The Morgan fingerprint density at radius 1 is 1.14 bits per heavy atom. The number of H-pyrrole nitrogens is 1. The number of benzene rings is 2. The minimum Gasteiger partial charge on any atom is -0.497 e. The molecule has 0 aliphatic heterocycles. The number of methoxy groups -OCH3 is 1. The van der Waals surface area contributed by atoms with Crippen molar-refractivity contribution >= 4 is 16.9 Å². The lowest BCUT2D eigenvalue weighted by atomic mass is 10.1. The standard InChI is InChI=1S/C21H19N3O4/c1-26-16-9-6-14(7-10-16)21-23-19(28-24-21)13-27-20(25)11-8-15-12-22-18-5-3-2-4-17(15)18/h2-7,9-10,12,22H,8,11,13H2,1H3. The molecule has 2 aromatic heterocycles. The molecule has 1 N–H and O–H groups in total. The summed E-state index contributed by atoms with van der Waals surface area (Å²) in [5, 5.41) is 5.04. The van der Waals surface area contributed by atoms with Crippen molar-refractivity contribution < 1.29 is 18.8 Å². The van der Waals surface area contributed by atoms with Crippen molar-refractivity contribution in [3.63, 3.8) is 0 Å². The van der Waals surface area contributed by atoms with E-state index in [-0.39, 0.29) is 24.9 Å². The molecule has 0 saturated heterocycles. The van der Waals surface area contributed by atoms with Crippen LogP contribution in [0.15, 0.2) is 59.3 Å². The highest BCUT2D eigenvalue weighted by molar-refractivity contribution is 5.83. The third-order valence-corrected chi connectivity index (χ3v) is 4.45. The third kappa shape index (κ3) is 3.88. The maximum atomic E-state index is 12.1. The first-order chi connectivity index (χ1) is 13.7. The van der Waals surface area contributed by atoms with Crippen LogP contribution in [0.25, 0.3) is 22.3 Å². The van der Waals surface area contributed by atoms with Crippen LogP contribution in [0.1, 0.15) is 17.9 Å². The van der Waals surface area contributed by atoms with Gasteiger partial charge in [0.2, 0.25) is 5.82 Å². The Kier molecular flexibility index (Phi) is 5.05. The fourth-order valence-electron chi connectivity index (χ4n) is 2.96. The van der Waals surface area contributed by atoms with Crippen LogP contribution in [0.5, 0.6) is 5.75 Å². The van der Waals surface area contributed by atoms with E-state index in [1.807, 2.05) is 54.7 Å². The maximum Gasteiger partial charge on any atom is 0.306 e. The summed E-state index contributed by atoms with van der Waals surface area (Å²) in [4.78, 5) is 19.5. The highest BCUT2D eigenvalue weighted by atomic mass is 16.6. The second-order valence-electron chi connectivity index (χ2n) is 6.26. The summed E-state index contributed by atoms with van der Waals surface area (Å²) in [7, 11) is 1.61. The SMILES string of the molecule is COc1ccc(-c2noc(COC(=O)CCc3c[nH]c4ccccc34)n2)cc1. The average Bonchev–Trinajstić information content (AvgIpc) is 3.38. The number of carbonyl (C=O) groups excluding carboxylic acids is 1. The third-order valence-electron chi connectivity index (χ3n) is 4.45. The molecule has 0 amide bonds. The number of esters is 1. The summed E-state index contributed by atoms with van der Waals surface area (Å²) in [6, 6.07) is 15.3. The Bertz CT molecular complexity index is 1080. The van der Waals surface area contributed by atoms with Crippen molar-refractivity contribution in [2.45, 2.75) is 19.4 Å². The number of rotatable bonds is 7.